The number of hydrogen-bond acceptors (Lipinski definition) is 7. The number of nitrogens with one attached hydrogen (secondary N) is 1. The van der Waals surface area contributed by atoms with E-state index in [4.69, 9.17) is 9.15 Å². The van der Waals surface area contributed by atoms with E-state index in [1.165, 1.54) is 29.9 Å². The summed E-state index contributed by atoms with van der Waals surface area (Å²) in [5.41, 5.74) is 4.13. The number of ether oxygens (including phenoxy) is 1. The zero-order chi connectivity index (χ0) is 26.5. The highest BCUT2D eigenvalue weighted by atomic mass is 16.5. The highest BCUT2D eigenvalue weighted by Gasteiger charge is 2.14. The Morgan fingerprint density at radius 3 is 2.71 bits per heavy atom. The number of hydrogen-bond donors (Lipinski definition) is 1. The average molecular weight is 510 g/mol. The van der Waals surface area contributed by atoms with Crippen LogP contribution in [-0.4, -0.2) is 40.7 Å². The molecule has 38 heavy (non-hydrogen) atoms. The van der Waals surface area contributed by atoms with Gasteiger partial charge in [0.05, 0.1) is 17.4 Å². The highest BCUT2D eigenvalue weighted by Crippen LogP contribution is 2.30. The van der Waals surface area contributed by atoms with Crippen molar-refractivity contribution in [2.75, 3.05) is 31.6 Å². The molecule has 0 radical (unpaired) electrons. The van der Waals surface area contributed by atoms with Crippen molar-refractivity contribution >= 4 is 11.7 Å². The molecular weight excluding hydrogens is 478 g/mol. The lowest BCUT2D eigenvalue weighted by Gasteiger charge is -2.26. The van der Waals surface area contributed by atoms with Gasteiger partial charge in [-0.1, -0.05) is 12.5 Å². The van der Waals surface area contributed by atoms with Gasteiger partial charge >= 0.3 is 0 Å². The number of rotatable bonds is 8. The van der Waals surface area contributed by atoms with E-state index < -0.39 is 0 Å². The number of pyridine rings is 1. The van der Waals surface area contributed by atoms with E-state index >= 15 is 0 Å². The molecule has 5 rings (SSSR count). The zero-order valence-electron chi connectivity index (χ0n) is 21.7. The Balaban J connectivity index is 1.31. The van der Waals surface area contributed by atoms with Crippen molar-refractivity contribution in [2.45, 2.75) is 33.1 Å². The SMILES string of the molecule is Cc1ccn(-c2cc(-c3cnc(Nc4cc(OCCN5CCCCC5)ccc4C)o3)ccc2C#N)c(=O)c1. The molecule has 0 atom stereocenters. The Morgan fingerprint density at radius 1 is 1.08 bits per heavy atom. The van der Waals surface area contributed by atoms with Crippen LogP contribution in [-0.2, 0) is 0 Å². The maximum Gasteiger partial charge on any atom is 0.299 e. The van der Waals surface area contributed by atoms with Gasteiger partial charge in [0.25, 0.3) is 11.6 Å². The fraction of sp³-hybridized carbons (Fsp3) is 0.300. The smallest absolute Gasteiger partial charge is 0.299 e. The Hall–Kier alpha value is -4.35. The van der Waals surface area contributed by atoms with Gasteiger partial charge in [0.15, 0.2) is 5.76 Å². The summed E-state index contributed by atoms with van der Waals surface area (Å²) in [4.78, 5) is 19.4. The summed E-state index contributed by atoms with van der Waals surface area (Å²) in [6, 6.07) is 17.1. The first-order chi connectivity index (χ1) is 18.5. The van der Waals surface area contributed by atoms with Crippen molar-refractivity contribution in [3.8, 4) is 28.8 Å². The van der Waals surface area contributed by atoms with Gasteiger partial charge in [-0.25, -0.2) is 4.98 Å². The van der Waals surface area contributed by atoms with Gasteiger partial charge in [0.2, 0.25) is 0 Å². The van der Waals surface area contributed by atoms with Crippen LogP contribution in [0.4, 0.5) is 11.7 Å². The fourth-order valence-corrected chi connectivity index (χ4v) is 4.64. The molecular formula is C30H31N5O3. The molecule has 0 aliphatic carbocycles. The quantitative estimate of drug-likeness (QED) is 0.331. The van der Waals surface area contributed by atoms with Gasteiger partial charge in [-0.2, -0.15) is 5.26 Å². The van der Waals surface area contributed by atoms with Crippen LogP contribution in [0.3, 0.4) is 0 Å². The van der Waals surface area contributed by atoms with Crippen LogP contribution in [0.1, 0.15) is 36.0 Å². The van der Waals surface area contributed by atoms with E-state index in [-0.39, 0.29) is 5.56 Å². The maximum atomic E-state index is 12.6. The minimum absolute atomic E-state index is 0.202. The first-order valence-electron chi connectivity index (χ1n) is 12.9. The van der Waals surface area contributed by atoms with Crippen LogP contribution < -0.4 is 15.6 Å². The van der Waals surface area contributed by atoms with Gasteiger partial charge in [-0.15, -0.1) is 0 Å². The second kappa shape index (κ2) is 11.4. The lowest BCUT2D eigenvalue weighted by Crippen LogP contribution is -2.33. The molecule has 0 unspecified atom stereocenters. The molecule has 194 valence electrons. The number of nitriles is 1. The molecule has 2 aromatic carbocycles. The number of benzene rings is 2. The standard InChI is InChI=1S/C30H31N5O3/c1-21-10-13-35(29(36)16-21)27-17-23(7-8-24(27)19-31)28-20-32-30(38-28)33-26-18-25(9-6-22(26)2)37-15-14-34-11-4-3-5-12-34/h6-10,13,16-18,20H,3-5,11-12,14-15H2,1-2H3,(H,32,33). The summed E-state index contributed by atoms with van der Waals surface area (Å²) in [5, 5.41) is 12.9. The first kappa shape index (κ1) is 25.3. The molecule has 4 aromatic rings. The number of nitrogens with zero attached hydrogens (tertiary/aromatic N) is 4. The predicted molar refractivity (Wildman–Crippen MR) is 147 cm³/mol. The lowest BCUT2D eigenvalue weighted by atomic mass is 10.1. The Morgan fingerprint density at radius 2 is 1.92 bits per heavy atom. The molecule has 1 N–H and O–H groups in total. The topological polar surface area (TPSA) is 96.3 Å². The van der Waals surface area contributed by atoms with Crippen LogP contribution in [0.15, 0.2) is 70.1 Å². The van der Waals surface area contributed by atoms with Crippen LogP contribution in [0.5, 0.6) is 5.75 Å². The van der Waals surface area contributed by atoms with Crippen molar-refractivity contribution in [2.24, 2.45) is 0 Å². The molecule has 8 nitrogen and oxygen atoms in total. The molecule has 0 bridgehead atoms. The molecule has 1 aliphatic rings. The molecule has 8 heteroatoms. The number of likely N-dealkylation sites (tertiary alicyclic amines) is 1. The third-order valence-electron chi connectivity index (χ3n) is 6.82. The summed E-state index contributed by atoms with van der Waals surface area (Å²) < 4.78 is 13.5. The molecule has 3 heterocycles. The molecule has 2 aromatic heterocycles. The average Bonchev–Trinajstić information content (AvgIpc) is 3.39. The largest absolute Gasteiger partial charge is 0.492 e. The Labute approximate surface area is 222 Å². The van der Waals surface area contributed by atoms with E-state index in [0.29, 0.717) is 35.2 Å². The van der Waals surface area contributed by atoms with Crippen molar-refractivity contribution in [1.29, 1.82) is 5.26 Å². The van der Waals surface area contributed by atoms with E-state index in [0.717, 1.165) is 42.2 Å². The third-order valence-corrected chi connectivity index (χ3v) is 6.82. The van der Waals surface area contributed by atoms with Crippen molar-refractivity contribution in [1.82, 2.24) is 14.5 Å². The van der Waals surface area contributed by atoms with Crippen LogP contribution in [0.2, 0.25) is 0 Å². The second-order valence-electron chi connectivity index (χ2n) is 9.64. The van der Waals surface area contributed by atoms with Crippen LogP contribution in [0, 0.1) is 25.2 Å². The number of aromatic nitrogens is 2. The van der Waals surface area contributed by atoms with Gasteiger partial charge in [-0.3, -0.25) is 14.3 Å². The first-order valence-corrected chi connectivity index (χ1v) is 12.9. The van der Waals surface area contributed by atoms with E-state index in [1.54, 1.807) is 30.6 Å². The number of anilines is 2. The van der Waals surface area contributed by atoms with Crippen molar-refractivity contribution in [3.05, 3.63) is 88.0 Å². The Bertz CT molecular complexity index is 1530. The minimum atomic E-state index is -0.202. The molecule has 0 spiro atoms. The zero-order valence-corrected chi connectivity index (χ0v) is 21.7. The molecule has 1 fully saturated rings. The molecule has 0 amide bonds. The van der Waals surface area contributed by atoms with Crippen LogP contribution >= 0.6 is 0 Å². The highest BCUT2D eigenvalue weighted by molar-refractivity contribution is 5.66. The fourth-order valence-electron chi connectivity index (χ4n) is 4.64. The lowest BCUT2D eigenvalue weighted by molar-refractivity contribution is 0.183. The van der Waals surface area contributed by atoms with Gasteiger partial charge in [-0.05, 0) is 81.2 Å². The third kappa shape index (κ3) is 5.79. The predicted octanol–water partition coefficient (Wildman–Crippen LogP) is 5.59. The minimum Gasteiger partial charge on any atom is -0.492 e. The van der Waals surface area contributed by atoms with Gasteiger partial charge in [0, 0.05) is 36.1 Å². The van der Waals surface area contributed by atoms with Gasteiger partial charge in [0.1, 0.15) is 18.4 Å². The summed E-state index contributed by atoms with van der Waals surface area (Å²) in [6.07, 6.45) is 7.16. The van der Waals surface area contributed by atoms with Gasteiger partial charge < -0.3 is 14.5 Å². The molecule has 1 aliphatic heterocycles. The number of oxazole rings is 1. The van der Waals surface area contributed by atoms with Crippen molar-refractivity contribution < 1.29 is 9.15 Å². The molecule has 0 saturated carbocycles. The normalized spacial score (nSPS) is 13.7. The van der Waals surface area contributed by atoms with E-state index in [9.17, 15) is 10.1 Å². The van der Waals surface area contributed by atoms with Crippen molar-refractivity contribution in [3.63, 3.8) is 0 Å². The van der Waals surface area contributed by atoms with E-state index in [2.05, 4.69) is 21.3 Å². The summed E-state index contributed by atoms with van der Waals surface area (Å²) in [7, 11) is 0. The summed E-state index contributed by atoms with van der Waals surface area (Å²) >= 11 is 0. The monoisotopic (exact) mass is 509 g/mol. The second-order valence-corrected chi connectivity index (χ2v) is 9.64. The summed E-state index contributed by atoms with van der Waals surface area (Å²) in [5.74, 6) is 1.31. The molecule has 1 saturated heterocycles. The number of piperidine rings is 1. The maximum absolute atomic E-state index is 12.6. The van der Waals surface area contributed by atoms with E-state index in [1.807, 2.05) is 38.1 Å². The number of aryl methyl sites for hydroxylation is 2. The Kier molecular flexibility index (Phi) is 7.57. The summed E-state index contributed by atoms with van der Waals surface area (Å²) in [6.45, 7) is 7.75. The van der Waals surface area contributed by atoms with Crippen LogP contribution in [0.25, 0.3) is 17.0 Å².